The van der Waals surface area contributed by atoms with Gasteiger partial charge in [0.25, 0.3) is 5.91 Å². The van der Waals surface area contributed by atoms with Gasteiger partial charge in [0.2, 0.25) is 0 Å². The molecular weight excluding hydrogens is 280 g/mol. The molecule has 2 rings (SSSR count). The molecule has 0 atom stereocenters. The van der Waals surface area contributed by atoms with Crippen molar-refractivity contribution in [1.29, 1.82) is 0 Å². The van der Waals surface area contributed by atoms with E-state index in [1.54, 1.807) is 7.11 Å². The normalized spacial score (nSPS) is 16.4. The van der Waals surface area contributed by atoms with E-state index >= 15 is 0 Å². The van der Waals surface area contributed by atoms with Crippen molar-refractivity contribution in [3.8, 4) is 5.75 Å². The van der Waals surface area contributed by atoms with Crippen LogP contribution in [0.2, 0.25) is 0 Å². The van der Waals surface area contributed by atoms with Gasteiger partial charge in [0, 0.05) is 26.7 Å². The van der Waals surface area contributed by atoms with Crippen molar-refractivity contribution >= 4 is 5.91 Å². The summed E-state index contributed by atoms with van der Waals surface area (Å²) in [6.07, 6.45) is 1.02. The summed E-state index contributed by atoms with van der Waals surface area (Å²) < 4.78 is 10.7. The lowest BCUT2D eigenvalue weighted by molar-refractivity contribution is 0.0754. The Morgan fingerprint density at radius 2 is 1.95 bits per heavy atom. The van der Waals surface area contributed by atoms with Gasteiger partial charge in [-0.1, -0.05) is 19.1 Å². The molecule has 5 nitrogen and oxygen atoms in total. The van der Waals surface area contributed by atoms with Gasteiger partial charge in [-0.25, -0.2) is 0 Å². The standard InChI is InChI=1S/C17H26N2O3/c1-3-18-9-6-10-19(12-11-18)17(20)15-7-4-5-8-16(15)22-14-13-21-2/h4-5,7-8H,3,6,9-14H2,1-2H3. The quantitative estimate of drug-likeness (QED) is 0.753. The van der Waals surface area contributed by atoms with Crippen LogP contribution in [0.3, 0.4) is 0 Å². The summed E-state index contributed by atoms with van der Waals surface area (Å²) in [5, 5.41) is 0. The zero-order valence-electron chi connectivity index (χ0n) is 13.6. The summed E-state index contributed by atoms with van der Waals surface area (Å²) in [7, 11) is 1.64. The van der Waals surface area contributed by atoms with Gasteiger partial charge in [0.15, 0.2) is 0 Å². The monoisotopic (exact) mass is 306 g/mol. The maximum atomic E-state index is 12.8. The molecule has 1 amide bonds. The molecule has 22 heavy (non-hydrogen) atoms. The second kappa shape index (κ2) is 8.76. The average molecular weight is 306 g/mol. The van der Waals surface area contributed by atoms with E-state index in [9.17, 15) is 4.79 Å². The molecule has 122 valence electrons. The third-order valence-electron chi connectivity index (χ3n) is 3.99. The van der Waals surface area contributed by atoms with Gasteiger partial charge >= 0.3 is 0 Å². The highest BCUT2D eigenvalue weighted by Gasteiger charge is 2.22. The van der Waals surface area contributed by atoms with E-state index < -0.39 is 0 Å². The Hall–Kier alpha value is -1.59. The number of hydrogen-bond acceptors (Lipinski definition) is 4. The van der Waals surface area contributed by atoms with Crippen LogP contribution in [0.15, 0.2) is 24.3 Å². The molecule has 0 N–H and O–H groups in total. The van der Waals surface area contributed by atoms with Crippen LogP contribution in [0.25, 0.3) is 0 Å². The number of benzene rings is 1. The van der Waals surface area contributed by atoms with E-state index in [4.69, 9.17) is 9.47 Å². The summed E-state index contributed by atoms with van der Waals surface area (Å²) in [4.78, 5) is 17.1. The van der Waals surface area contributed by atoms with Gasteiger partial charge in [0.1, 0.15) is 12.4 Å². The summed E-state index contributed by atoms with van der Waals surface area (Å²) in [6.45, 7) is 7.75. The Morgan fingerprint density at radius 1 is 1.14 bits per heavy atom. The minimum Gasteiger partial charge on any atom is -0.490 e. The van der Waals surface area contributed by atoms with Crippen LogP contribution in [0.1, 0.15) is 23.7 Å². The molecule has 0 unspecified atom stereocenters. The van der Waals surface area contributed by atoms with Crippen molar-refractivity contribution < 1.29 is 14.3 Å². The maximum Gasteiger partial charge on any atom is 0.257 e. The predicted octanol–water partition coefficient (Wildman–Crippen LogP) is 1.88. The maximum absolute atomic E-state index is 12.8. The highest BCUT2D eigenvalue weighted by atomic mass is 16.5. The second-order valence-electron chi connectivity index (χ2n) is 5.42. The number of nitrogens with zero attached hydrogens (tertiary/aromatic N) is 2. The Kier molecular flexibility index (Phi) is 6.68. The largest absolute Gasteiger partial charge is 0.490 e. The third kappa shape index (κ3) is 4.45. The molecule has 1 saturated heterocycles. The van der Waals surface area contributed by atoms with Crippen LogP contribution in [0.5, 0.6) is 5.75 Å². The SMILES string of the molecule is CCN1CCCN(C(=O)c2ccccc2OCCOC)CC1. The van der Waals surface area contributed by atoms with E-state index in [1.165, 1.54) is 0 Å². The molecule has 0 radical (unpaired) electrons. The summed E-state index contributed by atoms with van der Waals surface area (Å²) >= 11 is 0. The fourth-order valence-corrected chi connectivity index (χ4v) is 2.66. The first-order valence-electron chi connectivity index (χ1n) is 7.98. The van der Waals surface area contributed by atoms with E-state index in [2.05, 4.69) is 11.8 Å². The lowest BCUT2D eigenvalue weighted by Gasteiger charge is -2.22. The number of ether oxygens (including phenoxy) is 2. The smallest absolute Gasteiger partial charge is 0.257 e. The second-order valence-corrected chi connectivity index (χ2v) is 5.42. The van der Waals surface area contributed by atoms with E-state index in [0.717, 1.165) is 39.1 Å². The van der Waals surface area contributed by atoms with E-state index in [1.807, 2.05) is 29.2 Å². The van der Waals surface area contributed by atoms with Gasteiger partial charge < -0.3 is 19.3 Å². The van der Waals surface area contributed by atoms with Crippen LogP contribution in [0, 0.1) is 0 Å². The van der Waals surface area contributed by atoms with Crippen molar-refractivity contribution in [3.63, 3.8) is 0 Å². The molecule has 0 spiro atoms. The predicted molar refractivity (Wildman–Crippen MR) is 86.4 cm³/mol. The van der Waals surface area contributed by atoms with Gasteiger partial charge in [-0.15, -0.1) is 0 Å². The number of hydrogen-bond donors (Lipinski definition) is 0. The van der Waals surface area contributed by atoms with E-state index in [-0.39, 0.29) is 5.91 Å². The van der Waals surface area contributed by atoms with Gasteiger partial charge in [-0.3, -0.25) is 4.79 Å². The molecular formula is C17H26N2O3. The van der Waals surface area contributed by atoms with Crippen molar-refractivity contribution in [2.24, 2.45) is 0 Å². The van der Waals surface area contributed by atoms with Crippen LogP contribution in [0.4, 0.5) is 0 Å². The molecule has 1 aromatic rings. The third-order valence-corrected chi connectivity index (χ3v) is 3.99. The number of methoxy groups -OCH3 is 1. The molecule has 1 aromatic carbocycles. The van der Waals surface area contributed by atoms with Crippen molar-refractivity contribution in [2.45, 2.75) is 13.3 Å². The summed E-state index contributed by atoms with van der Waals surface area (Å²) in [5.74, 6) is 0.701. The number of carbonyl (C=O) groups excluding carboxylic acids is 1. The van der Waals surface area contributed by atoms with Crippen molar-refractivity contribution in [1.82, 2.24) is 9.80 Å². The van der Waals surface area contributed by atoms with Crippen LogP contribution in [-0.4, -0.2) is 68.8 Å². The number of rotatable bonds is 6. The van der Waals surface area contributed by atoms with E-state index in [0.29, 0.717) is 24.5 Å². The van der Waals surface area contributed by atoms with Gasteiger partial charge in [-0.2, -0.15) is 0 Å². The van der Waals surface area contributed by atoms with Crippen molar-refractivity contribution in [3.05, 3.63) is 29.8 Å². The minimum absolute atomic E-state index is 0.0611. The van der Waals surface area contributed by atoms with Crippen LogP contribution >= 0.6 is 0 Å². The minimum atomic E-state index is 0.0611. The molecule has 1 aliphatic heterocycles. The Bertz CT molecular complexity index is 479. The highest BCUT2D eigenvalue weighted by Crippen LogP contribution is 2.20. The zero-order valence-corrected chi connectivity index (χ0v) is 13.6. The van der Waals surface area contributed by atoms with Gasteiger partial charge in [-0.05, 0) is 31.6 Å². The lowest BCUT2D eigenvalue weighted by atomic mass is 10.1. The average Bonchev–Trinajstić information content (AvgIpc) is 2.80. The lowest BCUT2D eigenvalue weighted by Crippen LogP contribution is -2.35. The first kappa shape index (κ1) is 16.8. The number of para-hydroxylation sites is 1. The zero-order chi connectivity index (χ0) is 15.8. The molecule has 0 saturated carbocycles. The fraction of sp³-hybridized carbons (Fsp3) is 0.588. The van der Waals surface area contributed by atoms with Crippen molar-refractivity contribution in [2.75, 3.05) is 53.0 Å². The molecule has 1 fully saturated rings. The molecule has 0 aliphatic carbocycles. The molecule has 5 heteroatoms. The molecule has 1 heterocycles. The number of carbonyl (C=O) groups is 1. The van der Waals surface area contributed by atoms with Gasteiger partial charge in [0.05, 0.1) is 12.2 Å². The van der Waals surface area contributed by atoms with Crippen LogP contribution < -0.4 is 4.74 Å². The summed E-state index contributed by atoms with van der Waals surface area (Å²) in [5.41, 5.74) is 0.642. The Morgan fingerprint density at radius 3 is 2.73 bits per heavy atom. The summed E-state index contributed by atoms with van der Waals surface area (Å²) in [6, 6.07) is 7.46. The molecule has 1 aliphatic rings. The number of amides is 1. The first-order chi connectivity index (χ1) is 10.8. The molecule has 0 aromatic heterocycles. The fourth-order valence-electron chi connectivity index (χ4n) is 2.66. The number of likely N-dealkylation sites (N-methyl/N-ethyl adjacent to an activating group) is 1. The Balaban J connectivity index is 2.05. The van der Waals surface area contributed by atoms with Crippen LogP contribution in [-0.2, 0) is 4.74 Å². The highest BCUT2D eigenvalue weighted by molar-refractivity contribution is 5.97. The first-order valence-corrected chi connectivity index (χ1v) is 7.98. The topological polar surface area (TPSA) is 42.0 Å². The molecule has 0 bridgehead atoms. The Labute approximate surface area is 132 Å².